The van der Waals surface area contributed by atoms with E-state index in [-0.39, 0.29) is 43.4 Å². The molecule has 5 aromatic rings. The van der Waals surface area contributed by atoms with Crippen LogP contribution in [0.25, 0.3) is 34.4 Å². The van der Waals surface area contributed by atoms with Crippen molar-refractivity contribution in [3.05, 3.63) is 91.5 Å². The van der Waals surface area contributed by atoms with Gasteiger partial charge in [0.2, 0.25) is 0 Å². The molecular formula is C25H21Cl2N5O2V. The van der Waals surface area contributed by atoms with E-state index in [1.54, 1.807) is 26.6 Å². The summed E-state index contributed by atoms with van der Waals surface area (Å²) in [7, 11) is 3.31. The summed E-state index contributed by atoms with van der Waals surface area (Å²) in [5.74, 6) is 3.11. The topological polar surface area (TPSA) is 67.0 Å². The molecule has 0 saturated carbocycles. The van der Waals surface area contributed by atoms with Gasteiger partial charge in [0.25, 0.3) is 0 Å². The molecule has 0 amide bonds. The second kappa shape index (κ2) is 12.5. The van der Waals surface area contributed by atoms with Gasteiger partial charge < -0.3 is 34.3 Å². The van der Waals surface area contributed by atoms with E-state index < -0.39 is 0 Å². The van der Waals surface area contributed by atoms with E-state index in [0.29, 0.717) is 0 Å². The van der Waals surface area contributed by atoms with Gasteiger partial charge in [-0.1, -0.05) is 6.07 Å². The summed E-state index contributed by atoms with van der Waals surface area (Å²) in [6, 6.07) is 21.5. The van der Waals surface area contributed by atoms with Crippen molar-refractivity contribution in [1.29, 1.82) is 0 Å². The van der Waals surface area contributed by atoms with Crippen LogP contribution in [0.4, 0.5) is 0 Å². The van der Waals surface area contributed by atoms with Crippen LogP contribution in [0.1, 0.15) is 0 Å². The first-order valence-electron chi connectivity index (χ1n) is 10.1. The zero-order valence-electron chi connectivity index (χ0n) is 18.9. The number of methoxy groups -OCH3 is 2. The van der Waals surface area contributed by atoms with Crippen molar-refractivity contribution < 1.29 is 52.8 Å². The van der Waals surface area contributed by atoms with Gasteiger partial charge in [0.1, 0.15) is 22.9 Å². The fourth-order valence-corrected chi connectivity index (χ4v) is 3.57. The zero-order chi connectivity index (χ0) is 21.9. The molecule has 3 heterocycles. The first-order valence-corrected chi connectivity index (χ1v) is 10.1. The van der Waals surface area contributed by atoms with Gasteiger partial charge in [0.05, 0.1) is 14.2 Å². The van der Waals surface area contributed by atoms with Gasteiger partial charge in [-0.25, -0.2) is 15.0 Å². The molecule has 0 atom stereocenters. The largest absolute Gasteiger partial charge is 2.00 e. The van der Waals surface area contributed by atoms with Crippen molar-refractivity contribution in [3.63, 3.8) is 0 Å². The molecule has 7 nitrogen and oxygen atoms in total. The van der Waals surface area contributed by atoms with Crippen molar-refractivity contribution in [2.24, 2.45) is 0 Å². The van der Waals surface area contributed by atoms with Gasteiger partial charge in [0.15, 0.2) is 11.6 Å². The van der Waals surface area contributed by atoms with E-state index in [1.165, 1.54) is 0 Å². The molecule has 0 aliphatic rings. The normalized spacial score (nSPS) is 9.89. The molecule has 0 aliphatic heterocycles. The Bertz CT molecular complexity index is 1250. The molecule has 35 heavy (non-hydrogen) atoms. The maximum absolute atomic E-state index is 5.27. The number of imidazole rings is 2. The Morgan fingerprint density at radius 2 is 1.00 bits per heavy atom. The van der Waals surface area contributed by atoms with Crippen molar-refractivity contribution >= 4 is 0 Å². The van der Waals surface area contributed by atoms with Crippen LogP contribution < -0.4 is 34.3 Å². The zero-order valence-corrected chi connectivity index (χ0v) is 21.8. The molecule has 0 aliphatic carbocycles. The van der Waals surface area contributed by atoms with Gasteiger partial charge in [0, 0.05) is 36.2 Å². The third-order valence-electron chi connectivity index (χ3n) is 5.19. The number of benzene rings is 2. The van der Waals surface area contributed by atoms with Gasteiger partial charge in [-0.15, -0.1) is 0 Å². The first kappa shape index (κ1) is 28.0. The Balaban J connectivity index is 0.00000144. The number of nitrogens with zero attached hydrogens (tertiary/aromatic N) is 5. The van der Waals surface area contributed by atoms with Gasteiger partial charge >= 0.3 is 18.6 Å². The van der Waals surface area contributed by atoms with Crippen LogP contribution in [0.15, 0.2) is 91.5 Å². The van der Waals surface area contributed by atoms with Gasteiger partial charge in [-0.3, -0.25) is 9.13 Å². The second-order valence-electron chi connectivity index (χ2n) is 7.05. The van der Waals surface area contributed by atoms with Crippen molar-refractivity contribution in [1.82, 2.24) is 24.1 Å². The van der Waals surface area contributed by atoms with E-state index >= 15 is 0 Å². The fourth-order valence-electron chi connectivity index (χ4n) is 3.57. The smallest absolute Gasteiger partial charge is 1.00 e. The Morgan fingerprint density at radius 1 is 0.600 bits per heavy atom. The average molecular weight is 545 g/mol. The molecule has 0 bridgehead atoms. The van der Waals surface area contributed by atoms with Crippen molar-refractivity contribution in [2.45, 2.75) is 0 Å². The molecule has 0 spiro atoms. The predicted molar refractivity (Wildman–Crippen MR) is 122 cm³/mol. The van der Waals surface area contributed by atoms with E-state index in [0.717, 1.165) is 45.9 Å². The minimum Gasteiger partial charge on any atom is -1.00 e. The number of hydrogen-bond donors (Lipinski definition) is 0. The number of aromatic nitrogens is 5. The van der Waals surface area contributed by atoms with Gasteiger partial charge in [-0.2, -0.15) is 0 Å². The van der Waals surface area contributed by atoms with Crippen LogP contribution in [0.5, 0.6) is 11.5 Å². The van der Waals surface area contributed by atoms with E-state index in [4.69, 9.17) is 14.5 Å². The number of ether oxygens (including phenoxy) is 2. The molecule has 2 aromatic carbocycles. The maximum atomic E-state index is 5.27. The predicted octanol–water partition coefficient (Wildman–Crippen LogP) is -1.19. The summed E-state index contributed by atoms with van der Waals surface area (Å²) in [6.45, 7) is 0. The Morgan fingerprint density at radius 3 is 1.37 bits per heavy atom. The molecule has 177 valence electrons. The molecule has 1 radical (unpaired) electrons. The Kier molecular flexibility index (Phi) is 9.98. The van der Waals surface area contributed by atoms with Crippen LogP contribution in [0.3, 0.4) is 0 Å². The molecule has 5 rings (SSSR count). The van der Waals surface area contributed by atoms with Crippen LogP contribution in [-0.4, -0.2) is 38.3 Å². The van der Waals surface area contributed by atoms with E-state index in [2.05, 4.69) is 9.97 Å². The molecule has 10 heteroatoms. The number of rotatable bonds is 6. The van der Waals surface area contributed by atoms with E-state index in [9.17, 15) is 0 Å². The van der Waals surface area contributed by atoms with Crippen LogP contribution in [0.2, 0.25) is 0 Å². The molecule has 0 N–H and O–H groups in total. The molecular weight excluding hydrogens is 524 g/mol. The molecule has 3 aromatic heterocycles. The summed E-state index contributed by atoms with van der Waals surface area (Å²) in [4.78, 5) is 14.0. The third kappa shape index (κ3) is 5.71. The van der Waals surface area contributed by atoms with Crippen molar-refractivity contribution in [2.75, 3.05) is 14.2 Å². The third-order valence-corrected chi connectivity index (χ3v) is 5.19. The average Bonchev–Trinajstić information content (AvgIpc) is 3.54. The summed E-state index contributed by atoms with van der Waals surface area (Å²) in [5.41, 5.74) is 3.47. The molecule has 0 saturated heterocycles. The number of halogens is 2. The SMILES string of the molecule is COc1ccc(-n2ccnc2-c2cccc(-c3nccn3-c3ccc(OC)cc3)n2)cc1.[Cl-].[Cl-].[V+2]. The van der Waals surface area contributed by atoms with Crippen LogP contribution >= 0.6 is 0 Å². The molecule has 0 fully saturated rings. The fraction of sp³-hybridized carbons (Fsp3) is 0.0800. The minimum absolute atomic E-state index is 0. The monoisotopic (exact) mass is 544 g/mol. The Labute approximate surface area is 227 Å². The van der Waals surface area contributed by atoms with Crippen LogP contribution in [-0.2, 0) is 18.6 Å². The molecule has 0 unspecified atom stereocenters. The van der Waals surface area contributed by atoms with Crippen molar-refractivity contribution in [3.8, 4) is 45.9 Å². The summed E-state index contributed by atoms with van der Waals surface area (Å²) < 4.78 is 14.5. The van der Waals surface area contributed by atoms with Crippen LogP contribution in [0, 0.1) is 0 Å². The first-order chi connectivity index (χ1) is 15.8. The quantitative estimate of drug-likeness (QED) is 0.269. The summed E-state index contributed by atoms with van der Waals surface area (Å²) in [5, 5.41) is 0. The standard InChI is InChI=1S/C25H21N5O2.2ClH.V/c1-31-20-10-6-18(7-11-20)29-16-14-26-24(29)22-4-3-5-23(28-22)25-27-15-17-30(25)19-8-12-21(32-2)13-9-19;;;/h3-17H,1-2H3;2*1H;/q;;;+2/p-2. The van der Waals surface area contributed by atoms with Gasteiger partial charge in [-0.05, 0) is 60.7 Å². The summed E-state index contributed by atoms with van der Waals surface area (Å²) in [6.07, 6.45) is 7.38. The summed E-state index contributed by atoms with van der Waals surface area (Å²) >= 11 is 0. The maximum Gasteiger partial charge on any atom is 2.00 e. The Hall–Kier alpha value is -3.23. The second-order valence-corrected chi connectivity index (χ2v) is 7.05. The van der Waals surface area contributed by atoms with E-state index in [1.807, 2.05) is 88.3 Å². The minimum atomic E-state index is 0. The number of hydrogen-bond acceptors (Lipinski definition) is 5. The number of pyridine rings is 1.